The second-order valence-corrected chi connectivity index (χ2v) is 4.49. The van der Waals surface area contributed by atoms with Crippen molar-refractivity contribution >= 4 is 23.8 Å². The zero-order valence-electron chi connectivity index (χ0n) is 13.0. The van der Waals surface area contributed by atoms with E-state index in [0.29, 0.717) is 42.5 Å². The van der Waals surface area contributed by atoms with Crippen molar-refractivity contribution in [2.45, 2.75) is 26.3 Å². The lowest BCUT2D eigenvalue weighted by Gasteiger charge is -2.09. The highest BCUT2D eigenvalue weighted by Gasteiger charge is 2.08. The number of carbonyl (C=O) groups is 3. The van der Waals surface area contributed by atoms with E-state index in [2.05, 4.69) is 17.1 Å². The average Bonchev–Trinajstić information content (AvgIpc) is 2.48. The van der Waals surface area contributed by atoms with E-state index in [1.54, 1.807) is 18.2 Å². The molecule has 23 heavy (non-hydrogen) atoms. The molecule has 1 rings (SSSR count). The molecule has 124 valence electrons. The molecule has 0 heterocycles. The summed E-state index contributed by atoms with van der Waals surface area (Å²) in [6.45, 7) is 2.19. The number of anilines is 1. The van der Waals surface area contributed by atoms with Gasteiger partial charge in [-0.05, 0) is 18.1 Å². The molecule has 7 nitrogen and oxygen atoms in total. The van der Waals surface area contributed by atoms with Gasteiger partial charge in [0.05, 0.1) is 6.54 Å². The summed E-state index contributed by atoms with van der Waals surface area (Å²) in [6, 6.07) is 5.14. The van der Waals surface area contributed by atoms with Gasteiger partial charge in [0, 0.05) is 24.2 Å². The molecular weight excluding hydrogens is 298 g/mol. The molecule has 0 radical (unpaired) electrons. The highest BCUT2D eigenvalue weighted by Crippen LogP contribution is 2.14. The Kier molecular flexibility index (Phi) is 10.3. The Bertz CT molecular complexity index is 579. The van der Waals surface area contributed by atoms with Crippen molar-refractivity contribution in [1.82, 2.24) is 10.6 Å². The zero-order chi connectivity index (χ0) is 17.7. The van der Waals surface area contributed by atoms with Crippen molar-refractivity contribution in [3.63, 3.8) is 0 Å². The van der Waals surface area contributed by atoms with Crippen molar-refractivity contribution in [2.24, 2.45) is 0 Å². The second kappa shape index (κ2) is 11.8. The van der Waals surface area contributed by atoms with Crippen LogP contribution in [0.3, 0.4) is 0 Å². The molecule has 7 heteroatoms. The van der Waals surface area contributed by atoms with Crippen molar-refractivity contribution < 1.29 is 19.5 Å². The van der Waals surface area contributed by atoms with Crippen LogP contribution in [0.15, 0.2) is 18.2 Å². The Morgan fingerprint density at radius 1 is 1.39 bits per heavy atom. The molecule has 0 fully saturated rings. The number of hydrogen-bond donors (Lipinski definition) is 4. The molecule has 0 unspecified atom stereocenters. The lowest BCUT2D eigenvalue weighted by molar-refractivity contribution is -0.129. The molecule has 0 atom stereocenters. The topological polar surface area (TPSA) is 122 Å². The Hall–Kier alpha value is -2.85. The van der Waals surface area contributed by atoms with Crippen LogP contribution in [0.25, 0.3) is 0 Å². The number of amides is 2. The Morgan fingerprint density at radius 2 is 2.04 bits per heavy atom. The van der Waals surface area contributed by atoms with E-state index in [-0.39, 0.29) is 18.4 Å². The van der Waals surface area contributed by atoms with E-state index in [4.69, 9.17) is 10.8 Å². The van der Waals surface area contributed by atoms with E-state index in [0.717, 1.165) is 0 Å². The van der Waals surface area contributed by atoms with Crippen LogP contribution in [-0.2, 0) is 16.1 Å². The third-order valence-corrected chi connectivity index (χ3v) is 2.70. The van der Waals surface area contributed by atoms with Gasteiger partial charge in [-0.2, -0.15) is 0 Å². The number of aldehydes is 1. The molecule has 1 aromatic rings. The number of imide groups is 1. The fourth-order valence-corrected chi connectivity index (χ4v) is 1.73. The number of nitrogen functional groups attached to an aromatic ring is 1. The number of hydrogen-bond acceptors (Lipinski definition) is 6. The number of aliphatic hydroxyl groups is 1. The molecule has 0 bridgehead atoms. The van der Waals surface area contributed by atoms with Gasteiger partial charge in [0.15, 0.2) is 6.29 Å². The molecule has 5 N–H and O–H groups in total. The summed E-state index contributed by atoms with van der Waals surface area (Å²) in [5.74, 6) is -0.670. The molecule has 0 aromatic heterocycles. The van der Waals surface area contributed by atoms with Crippen LogP contribution >= 0.6 is 0 Å². The van der Waals surface area contributed by atoms with Crippen molar-refractivity contribution in [3.8, 4) is 12.5 Å². The Balaban J connectivity index is 0.00000149. The van der Waals surface area contributed by atoms with Gasteiger partial charge < -0.3 is 16.2 Å². The van der Waals surface area contributed by atoms with E-state index in [9.17, 15) is 14.4 Å². The third-order valence-electron chi connectivity index (χ3n) is 2.70. The summed E-state index contributed by atoms with van der Waals surface area (Å²) < 4.78 is 0. The van der Waals surface area contributed by atoms with Gasteiger partial charge in [-0.3, -0.25) is 19.7 Å². The number of nitrogens with one attached hydrogen (secondary N) is 2. The minimum Gasteiger partial charge on any atom is -0.462 e. The van der Waals surface area contributed by atoms with Crippen molar-refractivity contribution in [2.75, 3.05) is 12.3 Å². The largest absolute Gasteiger partial charge is 0.462 e. The summed E-state index contributed by atoms with van der Waals surface area (Å²) in [7, 11) is 0. The van der Waals surface area contributed by atoms with Gasteiger partial charge in [0.2, 0.25) is 11.8 Å². The Morgan fingerprint density at radius 3 is 2.61 bits per heavy atom. The maximum atomic E-state index is 11.5. The fourth-order valence-electron chi connectivity index (χ4n) is 1.73. The highest BCUT2D eigenvalue weighted by molar-refractivity contribution is 5.96. The minimum atomic E-state index is -0.389. The summed E-state index contributed by atoms with van der Waals surface area (Å²) in [4.78, 5) is 33.6. The normalized spacial score (nSPS) is 9.04. The van der Waals surface area contributed by atoms with Gasteiger partial charge in [0.25, 0.3) is 0 Å². The molecule has 0 saturated carbocycles. The summed E-state index contributed by atoms with van der Waals surface area (Å²) in [5.41, 5.74) is 7.22. The summed E-state index contributed by atoms with van der Waals surface area (Å²) in [6.07, 6.45) is 7.12. The van der Waals surface area contributed by atoms with Crippen LogP contribution in [0.2, 0.25) is 0 Å². The number of nitrogens with two attached hydrogens (primary N) is 1. The van der Waals surface area contributed by atoms with Gasteiger partial charge in [-0.1, -0.05) is 25.5 Å². The van der Waals surface area contributed by atoms with Gasteiger partial charge >= 0.3 is 0 Å². The first-order valence-corrected chi connectivity index (χ1v) is 6.95. The molecule has 2 amide bonds. The second-order valence-electron chi connectivity index (χ2n) is 4.49. The SMILES string of the molecule is C#CO.CCCC(=O)NC(=O)CNCc1cccc(N)c1C=O. The number of benzene rings is 1. The molecule has 0 aliphatic carbocycles. The molecule has 0 saturated heterocycles. The predicted octanol–water partition coefficient (Wildman–Crippen LogP) is 0.563. The predicted molar refractivity (Wildman–Crippen MR) is 86.8 cm³/mol. The number of terminal acetylenes is 1. The summed E-state index contributed by atoms with van der Waals surface area (Å²) >= 11 is 0. The quantitative estimate of drug-likeness (QED) is 0.331. The smallest absolute Gasteiger partial charge is 0.240 e. The number of rotatable bonds is 7. The molecule has 1 aromatic carbocycles. The van der Waals surface area contributed by atoms with E-state index >= 15 is 0 Å². The monoisotopic (exact) mass is 319 g/mol. The summed E-state index contributed by atoms with van der Waals surface area (Å²) in [5, 5.41) is 12.2. The molecular formula is C16H21N3O4. The minimum absolute atomic E-state index is 0.00253. The number of carbonyl (C=O) groups excluding carboxylic acids is 3. The van der Waals surface area contributed by atoms with Crippen LogP contribution in [0, 0.1) is 12.5 Å². The molecule has 0 spiro atoms. The van der Waals surface area contributed by atoms with E-state index < -0.39 is 0 Å². The van der Waals surface area contributed by atoms with Crippen LogP contribution in [-0.4, -0.2) is 29.8 Å². The average molecular weight is 319 g/mol. The maximum absolute atomic E-state index is 11.5. The molecule has 0 aliphatic heterocycles. The van der Waals surface area contributed by atoms with Crippen LogP contribution in [0.4, 0.5) is 5.69 Å². The van der Waals surface area contributed by atoms with Gasteiger partial charge in [-0.25, -0.2) is 0 Å². The maximum Gasteiger partial charge on any atom is 0.240 e. The van der Waals surface area contributed by atoms with Crippen LogP contribution in [0.1, 0.15) is 35.7 Å². The van der Waals surface area contributed by atoms with Crippen LogP contribution in [0.5, 0.6) is 0 Å². The van der Waals surface area contributed by atoms with E-state index in [1.807, 2.05) is 6.92 Å². The zero-order valence-corrected chi connectivity index (χ0v) is 13.0. The third kappa shape index (κ3) is 8.24. The van der Waals surface area contributed by atoms with E-state index in [1.165, 1.54) is 6.11 Å². The van der Waals surface area contributed by atoms with Crippen molar-refractivity contribution in [1.29, 1.82) is 0 Å². The highest BCUT2D eigenvalue weighted by atomic mass is 16.2. The van der Waals surface area contributed by atoms with Gasteiger partial charge in [0.1, 0.15) is 6.11 Å². The first kappa shape index (κ1) is 20.1. The fraction of sp³-hybridized carbons (Fsp3) is 0.312. The standard InChI is InChI=1S/C14H19N3O3.C2H2O/c1-2-4-13(19)17-14(20)8-16-7-10-5-3-6-12(15)11(10)9-18;1-2-3/h3,5-6,9,16H,2,4,7-8,15H2,1H3,(H,17,19,20);1,3H. The first-order valence-electron chi connectivity index (χ1n) is 6.95. The lowest BCUT2D eigenvalue weighted by Crippen LogP contribution is -2.37. The lowest BCUT2D eigenvalue weighted by atomic mass is 10.1. The number of aliphatic hydroxyl groups excluding tert-OH is 1. The molecule has 0 aliphatic rings. The Labute approximate surface area is 135 Å². The van der Waals surface area contributed by atoms with Crippen LogP contribution < -0.4 is 16.4 Å². The van der Waals surface area contributed by atoms with Gasteiger partial charge in [-0.15, -0.1) is 0 Å². The first-order chi connectivity index (χ1) is 11.0. The van der Waals surface area contributed by atoms with Crippen molar-refractivity contribution in [3.05, 3.63) is 29.3 Å².